The molecule has 1 heterocycles. The maximum Gasteiger partial charge on any atom is 0.416 e. The van der Waals surface area contributed by atoms with Crippen LogP contribution in [0.2, 0.25) is 0 Å². The van der Waals surface area contributed by atoms with Crippen LogP contribution in [0.5, 0.6) is 0 Å². The summed E-state index contributed by atoms with van der Waals surface area (Å²) in [5.74, 6) is -2.89. The highest BCUT2D eigenvalue weighted by Crippen LogP contribution is 2.35. The predicted octanol–water partition coefficient (Wildman–Crippen LogP) is 3.75. The maximum absolute atomic E-state index is 13.3. The van der Waals surface area contributed by atoms with Gasteiger partial charge in [-0.2, -0.15) is 13.2 Å². The van der Waals surface area contributed by atoms with E-state index in [1.54, 1.807) is 0 Å². The Morgan fingerprint density at radius 1 is 1.25 bits per heavy atom. The monoisotopic (exact) mass is 293 g/mol. The van der Waals surface area contributed by atoms with E-state index in [0.29, 0.717) is 12.6 Å². The lowest BCUT2D eigenvalue weighted by molar-refractivity contribution is -0.137. The normalized spacial score (nSPS) is 18.9. The minimum Gasteiger partial charge on any atom is -0.365 e. The number of aldehydes is 1. The van der Waals surface area contributed by atoms with Gasteiger partial charge in [0.1, 0.15) is 0 Å². The Balaban J connectivity index is 2.35. The summed E-state index contributed by atoms with van der Waals surface area (Å²) in [5.41, 5.74) is -1.07. The number of carbonyl (C=O) groups excluding carboxylic acids is 1. The van der Waals surface area contributed by atoms with E-state index in [1.165, 1.54) is 4.90 Å². The Morgan fingerprint density at radius 2 is 1.95 bits per heavy atom. The first-order valence-corrected chi connectivity index (χ1v) is 6.02. The second-order valence-electron chi connectivity index (χ2n) is 4.77. The number of carbonyl (C=O) groups is 1. The van der Waals surface area contributed by atoms with Gasteiger partial charge >= 0.3 is 6.18 Å². The Hall–Kier alpha value is -1.66. The molecule has 0 unspecified atom stereocenters. The third-order valence-corrected chi connectivity index (χ3v) is 3.22. The van der Waals surface area contributed by atoms with Crippen LogP contribution in [-0.4, -0.2) is 25.3 Å². The van der Waals surface area contributed by atoms with E-state index in [0.717, 1.165) is 12.1 Å². The van der Waals surface area contributed by atoms with Crippen LogP contribution in [0.25, 0.3) is 0 Å². The van der Waals surface area contributed by atoms with Gasteiger partial charge in [-0.05, 0) is 24.6 Å². The molecule has 0 N–H and O–H groups in total. The summed E-state index contributed by atoms with van der Waals surface area (Å²) in [7, 11) is 0. The highest BCUT2D eigenvalue weighted by Gasteiger charge is 2.36. The quantitative estimate of drug-likeness (QED) is 0.611. The fraction of sp³-hybridized carbons (Fsp3) is 0.462. The summed E-state index contributed by atoms with van der Waals surface area (Å²) in [6.07, 6.45) is -4.33. The molecule has 7 heteroatoms. The molecule has 1 aliphatic rings. The molecule has 1 saturated heterocycles. The molecule has 0 saturated carbocycles. The van der Waals surface area contributed by atoms with Gasteiger partial charge < -0.3 is 4.90 Å². The van der Waals surface area contributed by atoms with Crippen molar-refractivity contribution in [3.8, 4) is 0 Å². The molecule has 0 spiro atoms. The molecule has 1 aromatic rings. The van der Waals surface area contributed by atoms with Crippen molar-refractivity contribution in [3.63, 3.8) is 0 Å². The van der Waals surface area contributed by atoms with Gasteiger partial charge in [-0.15, -0.1) is 0 Å². The van der Waals surface area contributed by atoms with Crippen molar-refractivity contribution in [3.05, 3.63) is 29.3 Å². The molecule has 0 radical (unpaired) electrons. The second kappa shape index (κ2) is 5.03. The number of rotatable bonds is 2. The number of nitrogens with zero attached hydrogens (tertiary/aromatic N) is 1. The van der Waals surface area contributed by atoms with Crippen molar-refractivity contribution in [2.45, 2.75) is 24.9 Å². The SMILES string of the molecule is O=Cc1cc(C(F)(F)F)ccc1N1CCCC(F)(F)C1. The largest absolute Gasteiger partial charge is 0.416 e. The van der Waals surface area contributed by atoms with Gasteiger partial charge in [0.2, 0.25) is 0 Å². The lowest BCUT2D eigenvalue weighted by Gasteiger charge is -2.34. The van der Waals surface area contributed by atoms with E-state index in [1.807, 2.05) is 0 Å². The summed E-state index contributed by atoms with van der Waals surface area (Å²) < 4.78 is 64.3. The lowest BCUT2D eigenvalue weighted by atomic mass is 10.0. The average molecular weight is 293 g/mol. The third-order valence-electron chi connectivity index (χ3n) is 3.22. The number of alkyl halides is 5. The average Bonchev–Trinajstić information content (AvgIpc) is 2.35. The summed E-state index contributed by atoms with van der Waals surface area (Å²) in [6.45, 7) is -0.291. The zero-order valence-corrected chi connectivity index (χ0v) is 10.4. The zero-order valence-electron chi connectivity index (χ0n) is 10.4. The van der Waals surface area contributed by atoms with Crippen molar-refractivity contribution in [2.24, 2.45) is 0 Å². The summed E-state index contributed by atoms with van der Waals surface area (Å²) in [5, 5.41) is 0. The van der Waals surface area contributed by atoms with Crippen molar-refractivity contribution in [1.82, 2.24) is 0 Å². The Kier molecular flexibility index (Phi) is 3.71. The van der Waals surface area contributed by atoms with E-state index in [9.17, 15) is 26.7 Å². The number of piperidine rings is 1. The van der Waals surface area contributed by atoms with Gasteiger partial charge in [0.15, 0.2) is 6.29 Å². The Labute approximate surface area is 112 Å². The molecule has 0 aliphatic carbocycles. The smallest absolute Gasteiger partial charge is 0.365 e. The van der Waals surface area contributed by atoms with Crippen LogP contribution >= 0.6 is 0 Å². The van der Waals surface area contributed by atoms with E-state index >= 15 is 0 Å². The van der Waals surface area contributed by atoms with E-state index in [-0.39, 0.29) is 30.4 Å². The Bertz CT molecular complexity index is 512. The number of benzene rings is 1. The van der Waals surface area contributed by atoms with Crippen molar-refractivity contribution in [2.75, 3.05) is 18.0 Å². The maximum atomic E-state index is 13.3. The fourth-order valence-electron chi connectivity index (χ4n) is 2.28. The standard InChI is InChI=1S/C13H12F5NO/c14-12(15)4-1-5-19(8-12)11-3-2-10(13(16,17)18)6-9(11)7-20/h2-3,6-7H,1,4-5,8H2. The van der Waals surface area contributed by atoms with E-state index in [4.69, 9.17) is 0 Å². The van der Waals surface area contributed by atoms with Crippen LogP contribution in [0.3, 0.4) is 0 Å². The summed E-state index contributed by atoms with van der Waals surface area (Å²) in [4.78, 5) is 12.2. The molecule has 1 fully saturated rings. The van der Waals surface area contributed by atoms with E-state index < -0.39 is 24.2 Å². The van der Waals surface area contributed by atoms with Crippen LogP contribution in [-0.2, 0) is 6.18 Å². The molecule has 1 aliphatic heterocycles. The van der Waals surface area contributed by atoms with Gasteiger partial charge in [0.25, 0.3) is 5.92 Å². The van der Waals surface area contributed by atoms with Crippen molar-refractivity contribution in [1.29, 1.82) is 0 Å². The minimum absolute atomic E-state index is 0.118. The molecular formula is C13H12F5NO. The molecule has 20 heavy (non-hydrogen) atoms. The van der Waals surface area contributed by atoms with Crippen LogP contribution in [0.15, 0.2) is 18.2 Å². The molecule has 0 aromatic heterocycles. The Morgan fingerprint density at radius 3 is 2.50 bits per heavy atom. The summed E-state index contributed by atoms with van der Waals surface area (Å²) >= 11 is 0. The van der Waals surface area contributed by atoms with E-state index in [2.05, 4.69) is 0 Å². The van der Waals surface area contributed by atoms with Crippen LogP contribution < -0.4 is 4.90 Å². The first-order chi connectivity index (χ1) is 9.23. The van der Waals surface area contributed by atoms with Crippen LogP contribution in [0, 0.1) is 0 Å². The number of halogens is 5. The van der Waals surface area contributed by atoms with Gasteiger partial charge in [-0.3, -0.25) is 4.79 Å². The van der Waals surface area contributed by atoms with Crippen molar-refractivity contribution >= 4 is 12.0 Å². The zero-order chi connectivity index (χ0) is 15.0. The fourth-order valence-corrected chi connectivity index (χ4v) is 2.28. The van der Waals surface area contributed by atoms with Gasteiger partial charge in [0.05, 0.1) is 12.1 Å². The molecule has 1 aromatic carbocycles. The molecule has 2 rings (SSSR count). The highest BCUT2D eigenvalue weighted by molar-refractivity contribution is 5.85. The van der Waals surface area contributed by atoms with Gasteiger partial charge in [0, 0.05) is 24.2 Å². The van der Waals surface area contributed by atoms with Crippen molar-refractivity contribution < 1.29 is 26.7 Å². The number of hydrogen-bond acceptors (Lipinski definition) is 2. The molecular weight excluding hydrogens is 281 g/mol. The van der Waals surface area contributed by atoms with Crippen LogP contribution in [0.4, 0.5) is 27.6 Å². The molecule has 110 valence electrons. The van der Waals surface area contributed by atoms with Crippen LogP contribution in [0.1, 0.15) is 28.8 Å². The minimum atomic E-state index is -4.57. The second-order valence-corrected chi connectivity index (χ2v) is 4.77. The predicted molar refractivity (Wildman–Crippen MR) is 63.2 cm³/mol. The topological polar surface area (TPSA) is 20.3 Å². The third kappa shape index (κ3) is 3.08. The number of anilines is 1. The first-order valence-electron chi connectivity index (χ1n) is 6.02. The highest BCUT2D eigenvalue weighted by atomic mass is 19.4. The number of hydrogen-bond donors (Lipinski definition) is 0. The first kappa shape index (κ1) is 14.7. The summed E-state index contributed by atoms with van der Waals surface area (Å²) in [6, 6.07) is 2.57. The molecule has 0 bridgehead atoms. The molecule has 0 amide bonds. The molecule has 2 nitrogen and oxygen atoms in total. The molecule has 0 atom stereocenters. The van der Waals surface area contributed by atoms with Gasteiger partial charge in [-0.25, -0.2) is 8.78 Å². The lowest BCUT2D eigenvalue weighted by Crippen LogP contribution is -2.43. The van der Waals surface area contributed by atoms with Gasteiger partial charge in [-0.1, -0.05) is 0 Å².